The van der Waals surface area contributed by atoms with Gasteiger partial charge < -0.3 is 16.0 Å². The fourth-order valence-electron chi connectivity index (χ4n) is 1.17. The zero-order valence-electron chi connectivity index (χ0n) is 9.78. The summed E-state index contributed by atoms with van der Waals surface area (Å²) in [5.41, 5.74) is 1.35. The molecule has 0 unspecified atom stereocenters. The van der Waals surface area contributed by atoms with E-state index >= 15 is 0 Å². The maximum atomic E-state index is 11.3. The Hall–Kier alpha value is -2.30. The Morgan fingerprint density at radius 2 is 1.59 bits per heavy atom. The third-order valence-corrected chi connectivity index (χ3v) is 1.84. The van der Waals surface area contributed by atoms with Crippen LogP contribution in [0.3, 0.4) is 0 Å². The Labute approximate surface area is 99.9 Å². The van der Waals surface area contributed by atoms with Gasteiger partial charge in [0.15, 0.2) is 0 Å². The molecule has 1 rings (SSSR count). The molecule has 1 aromatic carbocycles. The molecule has 0 fully saturated rings. The second-order valence-electron chi connectivity index (χ2n) is 3.36. The number of anilines is 2. The molecule has 0 aromatic heterocycles. The Balaban J connectivity index is 2.56. The van der Waals surface area contributed by atoms with E-state index in [1.807, 2.05) is 6.92 Å². The Morgan fingerprint density at radius 1 is 1.06 bits per heavy atom. The number of urea groups is 1. The number of hydrogen-bond acceptors (Lipinski definition) is 2. The fourth-order valence-corrected chi connectivity index (χ4v) is 1.17. The zero-order valence-corrected chi connectivity index (χ0v) is 9.78. The van der Waals surface area contributed by atoms with Crippen LogP contribution < -0.4 is 16.0 Å². The first-order chi connectivity index (χ1) is 8.11. The molecule has 0 saturated carbocycles. The maximum Gasteiger partial charge on any atom is 0.323 e. The summed E-state index contributed by atoms with van der Waals surface area (Å²) in [6.45, 7) is 3.25. The quantitative estimate of drug-likeness (QED) is 0.749. The molecule has 0 bridgehead atoms. The molecular weight excluding hydrogens is 218 g/mol. The molecule has 0 heterocycles. The van der Waals surface area contributed by atoms with Gasteiger partial charge in [0.25, 0.3) is 0 Å². The SMILES string of the molecule is C/C=C/NC(=O)Nc1ccc(NC(C)=O)cc1. The fraction of sp³-hybridized carbons (Fsp3) is 0.167. The normalized spacial score (nSPS) is 10.0. The molecule has 3 amide bonds. The molecule has 0 aliphatic heterocycles. The van der Waals surface area contributed by atoms with Gasteiger partial charge >= 0.3 is 6.03 Å². The molecule has 0 saturated heterocycles. The summed E-state index contributed by atoms with van der Waals surface area (Å²) in [6, 6.07) is 6.54. The van der Waals surface area contributed by atoms with Gasteiger partial charge in [0.05, 0.1) is 0 Å². The van der Waals surface area contributed by atoms with Crippen LogP contribution in [0.2, 0.25) is 0 Å². The van der Waals surface area contributed by atoms with Gasteiger partial charge in [0.2, 0.25) is 5.91 Å². The van der Waals surface area contributed by atoms with Crippen LogP contribution in [0.15, 0.2) is 36.5 Å². The highest BCUT2D eigenvalue weighted by Gasteiger charge is 1.99. The summed E-state index contributed by atoms with van der Waals surface area (Å²) in [7, 11) is 0. The Kier molecular flexibility index (Phi) is 4.75. The van der Waals surface area contributed by atoms with E-state index < -0.39 is 0 Å². The summed E-state index contributed by atoms with van der Waals surface area (Å²) < 4.78 is 0. The minimum absolute atomic E-state index is 0.128. The number of hydrogen-bond donors (Lipinski definition) is 3. The lowest BCUT2D eigenvalue weighted by Crippen LogP contribution is -2.23. The summed E-state index contributed by atoms with van der Waals surface area (Å²) in [5.74, 6) is -0.128. The second-order valence-corrected chi connectivity index (χ2v) is 3.36. The number of nitrogens with one attached hydrogen (secondary N) is 3. The molecule has 0 atom stereocenters. The van der Waals surface area contributed by atoms with Crippen molar-refractivity contribution in [2.75, 3.05) is 10.6 Å². The minimum atomic E-state index is -0.310. The molecule has 0 radical (unpaired) electrons. The zero-order chi connectivity index (χ0) is 12.7. The van der Waals surface area contributed by atoms with Gasteiger partial charge in [0.1, 0.15) is 0 Å². The van der Waals surface area contributed by atoms with Gasteiger partial charge in [-0.15, -0.1) is 0 Å². The van der Waals surface area contributed by atoms with E-state index in [4.69, 9.17) is 0 Å². The summed E-state index contributed by atoms with van der Waals surface area (Å²) >= 11 is 0. The summed E-state index contributed by atoms with van der Waals surface area (Å²) in [6.07, 6.45) is 3.26. The van der Waals surface area contributed by atoms with Gasteiger partial charge in [0, 0.05) is 24.5 Å². The monoisotopic (exact) mass is 233 g/mol. The Bertz CT molecular complexity index is 424. The lowest BCUT2D eigenvalue weighted by molar-refractivity contribution is -0.114. The van der Waals surface area contributed by atoms with Crippen LogP contribution in [0, 0.1) is 0 Å². The van der Waals surface area contributed by atoms with Crippen LogP contribution in [-0.2, 0) is 4.79 Å². The highest BCUT2D eigenvalue weighted by Crippen LogP contribution is 2.13. The van der Waals surface area contributed by atoms with Crippen LogP contribution in [-0.4, -0.2) is 11.9 Å². The van der Waals surface area contributed by atoms with Crippen LogP contribution in [0.1, 0.15) is 13.8 Å². The number of rotatable bonds is 3. The van der Waals surface area contributed by atoms with Crippen LogP contribution in [0.25, 0.3) is 0 Å². The molecule has 90 valence electrons. The smallest absolute Gasteiger partial charge is 0.323 e. The lowest BCUT2D eigenvalue weighted by Gasteiger charge is -2.06. The van der Waals surface area contributed by atoms with Crippen molar-refractivity contribution in [3.05, 3.63) is 36.5 Å². The van der Waals surface area contributed by atoms with Crippen molar-refractivity contribution in [3.8, 4) is 0 Å². The molecule has 0 spiro atoms. The standard InChI is InChI=1S/C12H15N3O2/c1-3-8-13-12(17)15-11-6-4-10(5-7-11)14-9(2)16/h3-8H,1-2H3,(H,14,16)(H2,13,15,17)/b8-3+. The van der Waals surface area contributed by atoms with E-state index in [1.165, 1.54) is 6.92 Å². The molecule has 3 N–H and O–H groups in total. The average Bonchev–Trinajstić information content (AvgIpc) is 2.28. The first-order valence-electron chi connectivity index (χ1n) is 5.18. The third-order valence-electron chi connectivity index (χ3n) is 1.84. The van der Waals surface area contributed by atoms with Crippen LogP contribution in [0.4, 0.5) is 16.2 Å². The van der Waals surface area contributed by atoms with Crippen LogP contribution in [0.5, 0.6) is 0 Å². The van der Waals surface area contributed by atoms with E-state index in [-0.39, 0.29) is 11.9 Å². The van der Waals surface area contributed by atoms with Crippen LogP contribution >= 0.6 is 0 Å². The van der Waals surface area contributed by atoms with Crippen molar-refractivity contribution >= 4 is 23.3 Å². The maximum absolute atomic E-state index is 11.3. The number of carbonyl (C=O) groups excluding carboxylic acids is 2. The van der Waals surface area contributed by atoms with Crippen molar-refractivity contribution in [1.29, 1.82) is 0 Å². The van der Waals surface area contributed by atoms with Crippen molar-refractivity contribution in [1.82, 2.24) is 5.32 Å². The topological polar surface area (TPSA) is 70.2 Å². The van der Waals surface area contributed by atoms with E-state index in [0.29, 0.717) is 11.4 Å². The first kappa shape index (κ1) is 12.8. The number of benzene rings is 1. The van der Waals surface area contributed by atoms with Crippen molar-refractivity contribution in [2.24, 2.45) is 0 Å². The predicted octanol–water partition coefficient (Wildman–Crippen LogP) is 2.30. The van der Waals surface area contributed by atoms with Crippen molar-refractivity contribution in [2.45, 2.75) is 13.8 Å². The summed E-state index contributed by atoms with van der Waals surface area (Å²) in [5, 5.41) is 7.81. The van der Waals surface area contributed by atoms with Gasteiger partial charge in [-0.1, -0.05) is 6.08 Å². The largest absolute Gasteiger partial charge is 0.326 e. The minimum Gasteiger partial charge on any atom is -0.326 e. The van der Waals surface area contributed by atoms with Crippen molar-refractivity contribution in [3.63, 3.8) is 0 Å². The van der Waals surface area contributed by atoms with Gasteiger partial charge in [-0.05, 0) is 31.2 Å². The third kappa shape index (κ3) is 4.83. The number of carbonyl (C=O) groups is 2. The van der Waals surface area contributed by atoms with Gasteiger partial charge in [-0.25, -0.2) is 4.79 Å². The summed E-state index contributed by atoms with van der Waals surface area (Å²) in [4.78, 5) is 22.1. The lowest BCUT2D eigenvalue weighted by atomic mass is 10.3. The molecule has 1 aromatic rings. The predicted molar refractivity (Wildman–Crippen MR) is 67.7 cm³/mol. The van der Waals surface area contributed by atoms with E-state index in [9.17, 15) is 9.59 Å². The molecule has 5 heteroatoms. The highest BCUT2D eigenvalue weighted by atomic mass is 16.2. The molecular formula is C12H15N3O2. The van der Waals surface area contributed by atoms with Gasteiger partial charge in [-0.3, -0.25) is 4.79 Å². The van der Waals surface area contributed by atoms with E-state index in [1.54, 1.807) is 36.5 Å². The van der Waals surface area contributed by atoms with E-state index in [0.717, 1.165) is 0 Å². The number of allylic oxidation sites excluding steroid dienone is 1. The number of amides is 3. The average molecular weight is 233 g/mol. The first-order valence-corrected chi connectivity index (χ1v) is 5.18. The molecule has 0 aliphatic carbocycles. The molecule has 17 heavy (non-hydrogen) atoms. The second kappa shape index (κ2) is 6.32. The van der Waals surface area contributed by atoms with Gasteiger partial charge in [-0.2, -0.15) is 0 Å². The highest BCUT2D eigenvalue weighted by molar-refractivity contribution is 5.91. The molecule has 0 aliphatic rings. The van der Waals surface area contributed by atoms with Crippen molar-refractivity contribution < 1.29 is 9.59 Å². The van der Waals surface area contributed by atoms with E-state index in [2.05, 4.69) is 16.0 Å². The Morgan fingerprint density at radius 3 is 2.06 bits per heavy atom. The molecule has 5 nitrogen and oxygen atoms in total.